The van der Waals surface area contributed by atoms with Crippen molar-refractivity contribution in [2.45, 2.75) is 19.1 Å². The topological polar surface area (TPSA) is 35.2 Å². The fourth-order valence-electron chi connectivity index (χ4n) is 1.90. The maximum absolute atomic E-state index is 6.20. The molecule has 106 valence electrons. The van der Waals surface area contributed by atoms with Gasteiger partial charge in [-0.05, 0) is 31.2 Å². The maximum Gasteiger partial charge on any atom is 0.140 e. The maximum atomic E-state index is 6.20. The summed E-state index contributed by atoms with van der Waals surface area (Å²) < 4.78 is 5.93. The third-order valence-electron chi connectivity index (χ3n) is 2.79. The molecule has 0 spiro atoms. The highest BCUT2D eigenvalue weighted by Crippen LogP contribution is 2.32. The van der Waals surface area contributed by atoms with Crippen LogP contribution in [0.3, 0.4) is 0 Å². The van der Waals surface area contributed by atoms with E-state index in [-0.39, 0.29) is 12.1 Å². The zero-order chi connectivity index (χ0) is 14.7. The summed E-state index contributed by atoms with van der Waals surface area (Å²) in [6.45, 7) is 1.86. The van der Waals surface area contributed by atoms with Crippen LogP contribution in [0.1, 0.15) is 18.6 Å². The molecule has 2 unspecified atom stereocenters. The van der Waals surface area contributed by atoms with Gasteiger partial charge in [-0.25, -0.2) is 0 Å². The molecular weight excluding hydrogens is 317 g/mol. The minimum Gasteiger partial charge on any atom is -0.484 e. The third-order valence-corrected chi connectivity index (χ3v) is 3.57. The van der Waals surface area contributed by atoms with Gasteiger partial charge in [-0.15, -0.1) is 0 Å². The molecule has 0 amide bonds. The number of halogens is 3. The molecule has 2 atom stereocenters. The molecule has 0 saturated heterocycles. The predicted molar refractivity (Wildman–Crippen MR) is 84.9 cm³/mol. The van der Waals surface area contributed by atoms with Gasteiger partial charge in [0, 0.05) is 26.7 Å². The summed E-state index contributed by atoms with van der Waals surface area (Å²) in [5.74, 6) is 0.560. The van der Waals surface area contributed by atoms with Crippen molar-refractivity contribution >= 4 is 34.8 Å². The molecule has 0 heterocycles. The third kappa shape index (κ3) is 3.80. The van der Waals surface area contributed by atoms with E-state index < -0.39 is 0 Å². The van der Waals surface area contributed by atoms with E-state index in [9.17, 15) is 0 Å². The van der Waals surface area contributed by atoms with Crippen molar-refractivity contribution in [2.24, 2.45) is 5.73 Å². The Morgan fingerprint density at radius 2 is 1.60 bits per heavy atom. The van der Waals surface area contributed by atoms with Crippen LogP contribution in [0.4, 0.5) is 0 Å². The molecule has 0 aromatic heterocycles. The van der Waals surface area contributed by atoms with Crippen molar-refractivity contribution in [2.75, 3.05) is 0 Å². The molecule has 5 heteroatoms. The number of ether oxygens (including phenoxy) is 1. The van der Waals surface area contributed by atoms with Gasteiger partial charge in [0.1, 0.15) is 11.9 Å². The number of hydrogen-bond donors (Lipinski definition) is 1. The van der Waals surface area contributed by atoms with Gasteiger partial charge in [0.05, 0.1) is 0 Å². The van der Waals surface area contributed by atoms with Gasteiger partial charge in [-0.1, -0.05) is 53.0 Å². The fraction of sp³-hybridized carbons (Fsp3) is 0.200. The van der Waals surface area contributed by atoms with Crippen LogP contribution >= 0.6 is 34.8 Å². The molecule has 0 aliphatic heterocycles. The van der Waals surface area contributed by atoms with Crippen LogP contribution in [-0.4, -0.2) is 6.04 Å². The van der Waals surface area contributed by atoms with E-state index in [2.05, 4.69) is 0 Å². The minimum absolute atomic E-state index is 0.243. The lowest BCUT2D eigenvalue weighted by molar-refractivity contribution is 0.180. The molecular formula is C15H14Cl3NO. The van der Waals surface area contributed by atoms with Crippen LogP contribution in [0.25, 0.3) is 0 Å². The Balaban J connectivity index is 2.33. The number of benzene rings is 2. The lowest BCUT2D eigenvalue weighted by atomic mass is 10.0. The average molecular weight is 331 g/mol. The lowest BCUT2D eigenvalue weighted by Crippen LogP contribution is -2.29. The number of hydrogen-bond acceptors (Lipinski definition) is 2. The normalized spacial score (nSPS) is 13.8. The van der Waals surface area contributed by atoms with Gasteiger partial charge in [0.25, 0.3) is 0 Å². The largest absolute Gasteiger partial charge is 0.484 e. The Morgan fingerprint density at radius 1 is 1.00 bits per heavy atom. The van der Waals surface area contributed by atoms with Crippen LogP contribution < -0.4 is 10.5 Å². The van der Waals surface area contributed by atoms with Crippen molar-refractivity contribution in [3.63, 3.8) is 0 Å². The second-order valence-corrected chi connectivity index (χ2v) is 5.80. The smallest absolute Gasteiger partial charge is 0.140 e. The first kappa shape index (κ1) is 15.5. The SMILES string of the molecule is CC(N)C(Oc1cc(Cl)cc(Cl)c1)c1ccccc1Cl. The molecule has 0 aliphatic carbocycles. The lowest BCUT2D eigenvalue weighted by Gasteiger charge is -2.24. The Labute approximate surface area is 133 Å². The quantitative estimate of drug-likeness (QED) is 0.845. The van der Waals surface area contributed by atoms with Crippen molar-refractivity contribution in [3.8, 4) is 5.75 Å². The van der Waals surface area contributed by atoms with Gasteiger partial charge in [0.15, 0.2) is 0 Å². The van der Waals surface area contributed by atoms with Gasteiger partial charge in [-0.3, -0.25) is 0 Å². The van der Waals surface area contributed by atoms with Crippen molar-refractivity contribution in [3.05, 3.63) is 63.1 Å². The molecule has 2 aromatic carbocycles. The molecule has 0 aliphatic rings. The zero-order valence-corrected chi connectivity index (χ0v) is 13.1. The second-order valence-electron chi connectivity index (χ2n) is 4.52. The van der Waals surface area contributed by atoms with Crippen molar-refractivity contribution < 1.29 is 4.74 Å². The highest BCUT2D eigenvalue weighted by Gasteiger charge is 2.21. The van der Waals surface area contributed by atoms with Gasteiger partial charge in [0.2, 0.25) is 0 Å². The molecule has 2 nitrogen and oxygen atoms in total. The molecule has 20 heavy (non-hydrogen) atoms. The summed E-state index contributed by atoms with van der Waals surface area (Å²) in [7, 11) is 0. The first-order valence-corrected chi connectivity index (χ1v) is 7.23. The van der Waals surface area contributed by atoms with Crippen LogP contribution in [-0.2, 0) is 0 Å². The molecule has 0 fully saturated rings. The summed E-state index contributed by atoms with van der Waals surface area (Å²) in [5.41, 5.74) is 6.85. The van der Waals surface area contributed by atoms with Gasteiger partial charge >= 0.3 is 0 Å². The van der Waals surface area contributed by atoms with Crippen LogP contribution in [0.15, 0.2) is 42.5 Å². The summed E-state index contributed by atoms with van der Waals surface area (Å²) in [6.07, 6.45) is -0.377. The number of rotatable bonds is 4. The van der Waals surface area contributed by atoms with E-state index in [4.69, 9.17) is 45.3 Å². The molecule has 0 radical (unpaired) electrons. The van der Waals surface area contributed by atoms with Crippen LogP contribution in [0.5, 0.6) is 5.75 Å². The Kier molecular flexibility index (Phi) is 5.17. The zero-order valence-electron chi connectivity index (χ0n) is 10.8. The summed E-state index contributed by atoms with van der Waals surface area (Å²) in [4.78, 5) is 0. The Hall–Kier alpha value is -0.930. The molecule has 2 N–H and O–H groups in total. The predicted octanol–water partition coefficient (Wildman–Crippen LogP) is 5.11. The highest BCUT2D eigenvalue weighted by atomic mass is 35.5. The van der Waals surface area contributed by atoms with E-state index in [0.717, 1.165) is 5.56 Å². The first-order chi connectivity index (χ1) is 9.47. The summed E-state index contributed by atoms with van der Waals surface area (Å²) in [5, 5.41) is 1.63. The molecule has 0 bridgehead atoms. The Morgan fingerprint density at radius 3 is 2.15 bits per heavy atom. The van der Waals surface area contributed by atoms with Crippen LogP contribution in [0, 0.1) is 0 Å². The van der Waals surface area contributed by atoms with Gasteiger partial charge < -0.3 is 10.5 Å². The summed E-state index contributed by atoms with van der Waals surface area (Å²) in [6, 6.07) is 12.2. The monoisotopic (exact) mass is 329 g/mol. The fourth-order valence-corrected chi connectivity index (χ4v) is 2.65. The average Bonchev–Trinajstić information content (AvgIpc) is 2.35. The molecule has 2 aromatic rings. The highest BCUT2D eigenvalue weighted by molar-refractivity contribution is 6.34. The van der Waals surface area contributed by atoms with E-state index in [1.165, 1.54) is 0 Å². The second kappa shape index (κ2) is 6.68. The number of nitrogens with two attached hydrogens (primary N) is 1. The standard InChI is InChI=1S/C15H14Cl3NO/c1-9(19)15(13-4-2-3-5-14(13)18)20-12-7-10(16)6-11(17)8-12/h2-9,15H,19H2,1H3. The molecule has 0 saturated carbocycles. The molecule has 2 rings (SSSR count). The van der Waals surface area contributed by atoms with E-state index in [1.807, 2.05) is 25.1 Å². The minimum atomic E-state index is -0.377. The van der Waals surface area contributed by atoms with Crippen LogP contribution in [0.2, 0.25) is 15.1 Å². The van der Waals surface area contributed by atoms with Crippen molar-refractivity contribution in [1.29, 1.82) is 0 Å². The Bertz CT molecular complexity index is 581. The first-order valence-electron chi connectivity index (χ1n) is 6.10. The van der Waals surface area contributed by atoms with E-state index in [0.29, 0.717) is 20.8 Å². The van der Waals surface area contributed by atoms with E-state index in [1.54, 1.807) is 24.3 Å². The van der Waals surface area contributed by atoms with Gasteiger partial charge in [-0.2, -0.15) is 0 Å². The summed E-state index contributed by atoms with van der Waals surface area (Å²) >= 11 is 18.1. The van der Waals surface area contributed by atoms with E-state index >= 15 is 0 Å². The van der Waals surface area contributed by atoms with Crippen molar-refractivity contribution in [1.82, 2.24) is 0 Å².